The van der Waals surface area contributed by atoms with Crippen LogP contribution in [0.15, 0.2) is 12.1 Å². The second-order valence-electron chi connectivity index (χ2n) is 5.32. The summed E-state index contributed by atoms with van der Waals surface area (Å²) in [6, 6.07) is 4.05. The Bertz CT molecular complexity index is 427. The zero-order valence-corrected chi connectivity index (χ0v) is 13.7. The van der Waals surface area contributed by atoms with Crippen LogP contribution in [0, 0.1) is 0 Å². The molecule has 1 amide bonds. The minimum atomic E-state index is 0.331. The van der Waals surface area contributed by atoms with E-state index in [1.807, 2.05) is 11.0 Å². The molecule has 20 heavy (non-hydrogen) atoms. The summed E-state index contributed by atoms with van der Waals surface area (Å²) < 4.78 is 0.852. The molecule has 0 spiro atoms. The molecule has 1 aromatic heterocycles. The Kier molecular flexibility index (Phi) is 6.33. The van der Waals surface area contributed by atoms with Gasteiger partial charge in [0.1, 0.15) is 0 Å². The maximum atomic E-state index is 12.0. The van der Waals surface area contributed by atoms with E-state index >= 15 is 0 Å². The summed E-state index contributed by atoms with van der Waals surface area (Å²) in [5.41, 5.74) is 0. The van der Waals surface area contributed by atoms with Crippen molar-refractivity contribution in [2.75, 3.05) is 26.2 Å². The van der Waals surface area contributed by atoms with E-state index in [0.29, 0.717) is 12.3 Å². The van der Waals surface area contributed by atoms with Crippen molar-refractivity contribution in [1.82, 2.24) is 9.80 Å². The monoisotopic (exact) mass is 314 g/mol. The largest absolute Gasteiger partial charge is 0.340 e. The first-order chi connectivity index (χ1) is 9.69. The Morgan fingerprint density at radius 1 is 1.25 bits per heavy atom. The molecule has 2 heterocycles. The van der Waals surface area contributed by atoms with E-state index in [-0.39, 0.29) is 0 Å². The first-order valence-electron chi connectivity index (χ1n) is 7.43. The fraction of sp³-hybridized carbons (Fsp3) is 0.667. The maximum absolute atomic E-state index is 12.0. The normalized spacial score (nSPS) is 16.6. The molecular weight excluding hydrogens is 292 g/mol. The van der Waals surface area contributed by atoms with E-state index < -0.39 is 0 Å². The van der Waals surface area contributed by atoms with Gasteiger partial charge in [0, 0.05) is 44.0 Å². The van der Waals surface area contributed by atoms with Crippen molar-refractivity contribution >= 4 is 28.8 Å². The molecule has 1 saturated heterocycles. The van der Waals surface area contributed by atoms with E-state index in [1.54, 1.807) is 11.3 Å². The highest BCUT2D eigenvalue weighted by Crippen LogP contribution is 2.23. The van der Waals surface area contributed by atoms with E-state index in [1.165, 1.54) is 11.3 Å². The lowest BCUT2D eigenvalue weighted by atomic mass is 10.2. The van der Waals surface area contributed by atoms with E-state index in [2.05, 4.69) is 17.9 Å². The molecule has 0 radical (unpaired) electrons. The highest BCUT2D eigenvalue weighted by atomic mass is 35.5. The summed E-state index contributed by atoms with van der Waals surface area (Å²) in [7, 11) is 0. The van der Waals surface area contributed by atoms with Crippen LogP contribution in [0.4, 0.5) is 0 Å². The fourth-order valence-electron chi connectivity index (χ4n) is 2.50. The molecule has 112 valence electrons. The molecule has 0 aromatic carbocycles. The summed E-state index contributed by atoms with van der Waals surface area (Å²) in [4.78, 5) is 17.8. The number of carbonyl (C=O) groups is 1. The number of piperazine rings is 1. The van der Waals surface area contributed by atoms with Gasteiger partial charge in [-0.05, 0) is 18.6 Å². The van der Waals surface area contributed by atoms with Crippen molar-refractivity contribution in [1.29, 1.82) is 0 Å². The lowest BCUT2D eigenvalue weighted by Gasteiger charge is -2.34. The molecule has 1 aliphatic heterocycles. The zero-order chi connectivity index (χ0) is 14.4. The van der Waals surface area contributed by atoms with Crippen molar-refractivity contribution in [2.45, 2.75) is 39.2 Å². The van der Waals surface area contributed by atoms with Gasteiger partial charge in [0.25, 0.3) is 0 Å². The Morgan fingerprint density at radius 3 is 2.60 bits per heavy atom. The lowest BCUT2D eigenvalue weighted by molar-refractivity contribution is -0.133. The predicted octanol–water partition coefficient (Wildman–Crippen LogP) is 3.63. The van der Waals surface area contributed by atoms with Gasteiger partial charge < -0.3 is 4.90 Å². The average molecular weight is 315 g/mol. The fourth-order valence-corrected chi connectivity index (χ4v) is 3.63. The SMILES string of the molecule is CCCCCC(=O)N1CCN(Cc2ccc(Cl)s2)CC1. The van der Waals surface area contributed by atoms with Crippen molar-refractivity contribution in [3.05, 3.63) is 21.3 Å². The van der Waals surface area contributed by atoms with Crippen LogP contribution >= 0.6 is 22.9 Å². The first-order valence-corrected chi connectivity index (χ1v) is 8.63. The van der Waals surface area contributed by atoms with Gasteiger partial charge in [-0.15, -0.1) is 11.3 Å². The minimum absolute atomic E-state index is 0.331. The second kappa shape index (κ2) is 8.01. The Hall–Kier alpha value is -0.580. The van der Waals surface area contributed by atoms with E-state index in [4.69, 9.17) is 11.6 Å². The third-order valence-corrected chi connectivity index (χ3v) is 4.94. The first kappa shape index (κ1) is 15.8. The minimum Gasteiger partial charge on any atom is -0.340 e. The molecular formula is C15H23ClN2OS. The topological polar surface area (TPSA) is 23.6 Å². The summed E-state index contributed by atoms with van der Waals surface area (Å²) in [6.07, 6.45) is 4.08. The van der Waals surface area contributed by atoms with Crippen LogP contribution in [-0.4, -0.2) is 41.9 Å². The van der Waals surface area contributed by atoms with Gasteiger partial charge in [0.2, 0.25) is 5.91 Å². The van der Waals surface area contributed by atoms with Gasteiger partial charge in [-0.2, -0.15) is 0 Å². The number of unbranched alkanes of at least 4 members (excludes halogenated alkanes) is 2. The summed E-state index contributed by atoms with van der Waals surface area (Å²) in [5.74, 6) is 0.331. The predicted molar refractivity (Wildman–Crippen MR) is 85.3 cm³/mol. The number of carbonyl (C=O) groups excluding carboxylic acids is 1. The second-order valence-corrected chi connectivity index (χ2v) is 7.12. The summed E-state index contributed by atoms with van der Waals surface area (Å²) in [6.45, 7) is 6.79. The smallest absolute Gasteiger partial charge is 0.222 e. The molecule has 0 bridgehead atoms. The molecule has 1 aromatic rings. The lowest BCUT2D eigenvalue weighted by Crippen LogP contribution is -2.48. The average Bonchev–Trinajstić information content (AvgIpc) is 2.85. The molecule has 0 atom stereocenters. The van der Waals surface area contributed by atoms with E-state index in [9.17, 15) is 4.79 Å². The van der Waals surface area contributed by atoms with Gasteiger partial charge in [-0.3, -0.25) is 9.69 Å². The highest BCUT2D eigenvalue weighted by molar-refractivity contribution is 7.16. The van der Waals surface area contributed by atoms with Crippen molar-refractivity contribution in [3.8, 4) is 0 Å². The van der Waals surface area contributed by atoms with Crippen LogP contribution in [0.5, 0.6) is 0 Å². The molecule has 2 rings (SSSR count). The van der Waals surface area contributed by atoms with Crippen molar-refractivity contribution < 1.29 is 4.79 Å². The standard InChI is InChI=1S/C15H23ClN2OS/c1-2-3-4-5-15(19)18-10-8-17(9-11-18)12-13-6-7-14(16)20-13/h6-7H,2-5,8-12H2,1H3. The molecule has 0 saturated carbocycles. The Labute approximate surface area is 130 Å². The number of hydrogen-bond donors (Lipinski definition) is 0. The van der Waals surface area contributed by atoms with Gasteiger partial charge >= 0.3 is 0 Å². The van der Waals surface area contributed by atoms with Crippen LogP contribution in [0.3, 0.4) is 0 Å². The Balaban J connectivity index is 1.70. The van der Waals surface area contributed by atoms with Crippen LogP contribution < -0.4 is 0 Å². The zero-order valence-electron chi connectivity index (χ0n) is 12.1. The van der Waals surface area contributed by atoms with Crippen LogP contribution in [-0.2, 0) is 11.3 Å². The molecule has 1 fully saturated rings. The number of nitrogens with zero attached hydrogens (tertiary/aromatic N) is 2. The number of hydrogen-bond acceptors (Lipinski definition) is 3. The number of amides is 1. The van der Waals surface area contributed by atoms with Gasteiger partial charge in [0.15, 0.2) is 0 Å². The van der Waals surface area contributed by atoms with Crippen LogP contribution in [0.2, 0.25) is 4.34 Å². The maximum Gasteiger partial charge on any atom is 0.222 e. The molecule has 0 unspecified atom stereocenters. The van der Waals surface area contributed by atoms with Crippen molar-refractivity contribution in [2.24, 2.45) is 0 Å². The molecule has 0 N–H and O–H groups in total. The summed E-state index contributed by atoms with van der Waals surface area (Å²) >= 11 is 7.60. The Morgan fingerprint density at radius 2 is 2.00 bits per heavy atom. The quantitative estimate of drug-likeness (QED) is 0.749. The van der Waals surface area contributed by atoms with Gasteiger partial charge in [0.05, 0.1) is 4.34 Å². The van der Waals surface area contributed by atoms with Gasteiger partial charge in [-0.1, -0.05) is 31.4 Å². The summed E-state index contributed by atoms with van der Waals surface area (Å²) in [5, 5.41) is 0. The number of rotatable bonds is 6. The molecule has 0 aliphatic carbocycles. The molecule has 1 aliphatic rings. The molecule has 5 heteroatoms. The third-order valence-electron chi connectivity index (χ3n) is 3.73. The highest BCUT2D eigenvalue weighted by Gasteiger charge is 2.20. The number of thiophene rings is 1. The van der Waals surface area contributed by atoms with Crippen molar-refractivity contribution in [3.63, 3.8) is 0 Å². The van der Waals surface area contributed by atoms with Crippen LogP contribution in [0.25, 0.3) is 0 Å². The third kappa shape index (κ3) is 4.76. The van der Waals surface area contributed by atoms with Gasteiger partial charge in [-0.25, -0.2) is 0 Å². The van der Waals surface area contributed by atoms with E-state index in [0.717, 1.165) is 49.9 Å². The number of halogens is 1. The molecule has 3 nitrogen and oxygen atoms in total. The van der Waals surface area contributed by atoms with Crippen LogP contribution in [0.1, 0.15) is 37.5 Å².